The van der Waals surface area contributed by atoms with Gasteiger partial charge in [-0.2, -0.15) is 0 Å². The van der Waals surface area contributed by atoms with Crippen LogP contribution in [-0.2, 0) is 9.53 Å². The van der Waals surface area contributed by atoms with Crippen molar-refractivity contribution in [3.05, 3.63) is 0 Å². The zero-order valence-corrected chi connectivity index (χ0v) is 34.6. The average Bonchev–Trinajstić information content (AvgIpc) is 3.18. The van der Waals surface area contributed by atoms with Crippen LogP contribution in [0.25, 0.3) is 0 Å². The summed E-state index contributed by atoms with van der Waals surface area (Å²) in [5.74, 6) is 5.84. The molecule has 0 spiro atoms. The van der Waals surface area contributed by atoms with E-state index in [-0.39, 0.29) is 6.10 Å². The Labute approximate surface area is 319 Å². The van der Waals surface area contributed by atoms with Crippen LogP contribution in [0.3, 0.4) is 0 Å². The first-order valence-electron chi connectivity index (χ1n) is 24.2. The molecule has 1 unspecified atom stereocenters. The van der Waals surface area contributed by atoms with E-state index >= 15 is 0 Å². The summed E-state index contributed by atoms with van der Waals surface area (Å²) in [6, 6.07) is 0. The normalized spacial score (nSPS) is 32.7. The summed E-state index contributed by atoms with van der Waals surface area (Å²) < 4.78 is 5.69. The fraction of sp³-hybridized carbons (Fsp3) is 0.980. The van der Waals surface area contributed by atoms with Crippen LogP contribution in [0.4, 0.5) is 0 Å². The van der Waals surface area contributed by atoms with Crippen molar-refractivity contribution in [2.45, 2.75) is 258 Å². The lowest BCUT2D eigenvalue weighted by atomic mass is 9.47. The maximum absolute atomic E-state index is 11.5. The van der Waals surface area contributed by atoms with Crippen LogP contribution in [0.2, 0.25) is 0 Å². The van der Waals surface area contributed by atoms with Crippen LogP contribution in [0.5, 0.6) is 0 Å². The van der Waals surface area contributed by atoms with E-state index in [1.54, 1.807) is 25.7 Å². The molecule has 0 saturated heterocycles. The van der Waals surface area contributed by atoms with Crippen molar-refractivity contribution in [1.29, 1.82) is 0 Å². The van der Waals surface area contributed by atoms with Crippen molar-refractivity contribution in [3.8, 4) is 0 Å². The summed E-state index contributed by atoms with van der Waals surface area (Å²) in [6.07, 6.45) is 54.3. The second-order valence-electron chi connectivity index (χ2n) is 19.8. The Morgan fingerprint density at radius 1 is 0.529 bits per heavy atom. The third-order valence-electron chi connectivity index (χ3n) is 16.8. The quantitative estimate of drug-likeness (QED) is 0.0827. The van der Waals surface area contributed by atoms with Crippen LogP contribution in [0.1, 0.15) is 251 Å². The Balaban J connectivity index is 1.29. The lowest BCUT2D eigenvalue weighted by Gasteiger charge is -2.58. The molecule has 296 valence electrons. The highest BCUT2D eigenvalue weighted by molar-refractivity contribution is 5.37. The van der Waals surface area contributed by atoms with E-state index < -0.39 is 0 Å². The molecule has 0 amide bonds. The number of carbonyl (C=O) groups is 1. The predicted molar refractivity (Wildman–Crippen MR) is 219 cm³/mol. The van der Waals surface area contributed by atoms with Crippen molar-refractivity contribution >= 4 is 6.47 Å². The van der Waals surface area contributed by atoms with Gasteiger partial charge in [-0.1, -0.05) is 181 Å². The molecular formula is C49H88O2. The number of carbonyl (C=O) groups excluding carboxylic acids is 1. The van der Waals surface area contributed by atoms with Gasteiger partial charge in [0.15, 0.2) is 0 Å². The van der Waals surface area contributed by atoms with Gasteiger partial charge in [0.2, 0.25) is 0 Å². The molecule has 1 atom stereocenters. The fourth-order valence-corrected chi connectivity index (χ4v) is 13.8. The maximum Gasteiger partial charge on any atom is 0.293 e. The van der Waals surface area contributed by atoms with E-state index in [4.69, 9.17) is 4.74 Å². The van der Waals surface area contributed by atoms with Gasteiger partial charge in [0.05, 0.1) is 0 Å². The van der Waals surface area contributed by atoms with Gasteiger partial charge in [0, 0.05) is 0 Å². The maximum atomic E-state index is 11.5. The van der Waals surface area contributed by atoms with E-state index in [2.05, 4.69) is 13.8 Å². The summed E-state index contributed by atoms with van der Waals surface area (Å²) in [5, 5.41) is 0. The molecule has 0 aromatic carbocycles. The minimum atomic E-state index is 0.179. The molecule has 5 aliphatic rings. The summed E-state index contributed by atoms with van der Waals surface area (Å²) in [7, 11) is 0. The SMILES string of the molecule is CCCCCCCCC1CCC(C2(CC(C3CCCCC3)C3(C4CCC(CCCCCCCC)CC4)CCCCC3)CCC(OC=O)CC2)CC1. The Bertz CT molecular complexity index is 889. The predicted octanol–water partition coefficient (Wildman–Crippen LogP) is 15.7. The molecular weight excluding hydrogens is 621 g/mol. The zero-order chi connectivity index (χ0) is 35.6. The number of hydrogen-bond acceptors (Lipinski definition) is 2. The molecule has 0 N–H and O–H groups in total. The molecule has 2 nitrogen and oxygen atoms in total. The van der Waals surface area contributed by atoms with Gasteiger partial charge in [0.25, 0.3) is 6.47 Å². The van der Waals surface area contributed by atoms with Gasteiger partial charge in [-0.05, 0) is 117 Å². The Morgan fingerprint density at radius 2 is 1.02 bits per heavy atom. The Morgan fingerprint density at radius 3 is 1.55 bits per heavy atom. The highest BCUT2D eigenvalue weighted by atomic mass is 16.5. The minimum absolute atomic E-state index is 0.179. The van der Waals surface area contributed by atoms with Crippen molar-refractivity contribution in [2.24, 2.45) is 46.3 Å². The van der Waals surface area contributed by atoms with Crippen LogP contribution in [0, 0.1) is 46.3 Å². The Kier molecular flexibility index (Phi) is 18.6. The second-order valence-corrected chi connectivity index (χ2v) is 19.8. The molecule has 2 heteroatoms. The first-order chi connectivity index (χ1) is 25.1. The zero-order valence-electron chi connectivity index (χ0n) is 34.6. The van der Waals surface area contributed by atoms with E-state index in [0.29, 0.717) is 10.8 Å². The molecule has 0 aromatic rings. The summed E-state index contributed by atoms with van der Waals surface area (Å²) in [6.45, 7) is 5.44. The van der Waals surface area contributed by atoms with Crippen LogP contribution in [0.15, 0.2) is 0 Å². The lowest BCUT2D eigenvalue weighted by molar-refractivity contribution is -0.138. The lowest BCUT2D eigenvalue weighted by Crippen LogP contribution is -2.49. The van der Waals surface area contributed by atoms with Gasteiger partial charge in [-0.3, -0.25) is 4.79 Å². The van der Waals surface area contributed by atoms with Gasteiger partial charge in [-0.25, -0.2) is 0 Å². The van der Waals surface area contributed by atoms with Gasteiger partial charge < -0.3 is 4.74 Å². The van der Waals surface area contributed by atoms with Gasteiger partial charge in [-0.15, -0.1) is 0 Å². The molecule has 0 bridgehead atoms. The Hall–Kier alpha value is -0.530. The fourth-order valence-electron chi connectivity index (χ4n) is 13.8. The second kappa shape index (κ2) is 22.8. The van der Waals surface area contributed by atoms with Crippen molar-refractivity contribution in [3.63, 3.8) is 0 Å². The molecule has 5 saturated carbocycles. The van der Waals surface area contributed by atoms with Crippen LogP contribution < -0.4 is 0 Å². The van der Waals surface area contributed by atoms with E-state index in [9.17, 15) is 4.79 Å². The monoisotopic (exact) mass is 709 g/mol. The molecule has 51 heavy (non-hydrogen) atoms. The average molecular weight is 709 g/mol. The molecule has 0 aromatic heterocycles. The molecule has 0 heterocycles. The number of ether oxygens (including phenoxy) is 1. The molecule has 5 rings (SSSR count). The minimum Gasteiger partial charge on any atom is -0.465 e. The highest BCUT2D eigenvalue weighted by Gasteiger charge is 2.53. The topological polar surface area (TPSA) is 26.3 Å². The summed E-state index contributed by atoms with van der Waals surface area (Å²) in [5.41, 5.74) is 1.11. The summed E-state index contributed by atoms with van der Waals surface area (Å²) in [4.78, 5) is 11.5. The van der Waals surface area contributed by atoms with E-state index in [0.717, 1.165) is 54.8 Å². The molecule has 0 aliphatic heterocycles. The first-order valence-corrected chi connectivity index (χ1v) is 24.2. The molecule has 5 aliphatic carbocycles. The third kappa shape index (κ3) is 12.2. The summed E-state index contributed by atoms with van der Waals surface area (Å²) >= 11 is 0. The van der Waals surface area contributed by atoms with Crippen molar-refractivity contribution in [1.82, 2.24) is 0 Å². The van der Waals surface area contributed by atoms with Gasteiger partial charge >= 0.3 is 0 Å². The third-order valence-corrected chi connectivity index (χ3v) is 16.8. The largest absolute Gasteiger partial charge is 0.465 e. The van der Waals surface area contributed by atoms with E-state index in [1.165, 1.54) is 199 Å². The molecule has 5 fully saturated rings. The highest BCUT2D eigenvalue weighted by Crippen LogP contribution is 2.63. The number of unbranched alkanes of at least 4 members (excludes halogenated alkanes) is 10. The smallest absolute Gasteiger partial charge is 0.293 e. The standard InChI is InChI=1S/C49H88O2/c1-3-5-7-9-11-15-21-41-25-29-44(30-26-41)48(37-33-46(34-38-48)51-40-50)39-47(43-23-17-13-18-24-43)49(35-19-14-20-36-49)45-31-27-42(28-32-45)22-16-12-10-8-6-4-2/h40-47H,3-39H2,1-2H3. The van der Waals surface area contributed by atoms with E-state index in [1.807, 2.05) is 0 Å². The van der Waals surface area contributed by atoms with Crippen LogP contribution >= 0.6 is 0 Å². The van der Waals surface area contributed by atoms with Crippen molar-refractivity contribution in [2.75, 3.05) is 0 Å². The molecule has 0 radical (unpaired) electrons. The van der Waals surface area contributed by atoms with Gasteiger partial charge in [0.1, 0.15) is 6.10 Å². The first kappa shape index (κ1) is 41.6. The number of rotatable bonds is 22. The van der Waals surface area contributed by atoms with Crippen LogP contribution in [-0.4, -0.2) is 12.6 Å². The number of hydrogen-bond donors (Lipinski definition) is 0. The van der Waals surface area contributed by atoms with Crippen molar-refractivity contribution < 1.29 is 9.53 Å².